The molecular formula is C5H7IOS2. The number of halogens is 1. The third kappa shape index (κ3) is 2.01. The van der Waals surface area contributed by atoms with Gasteiger partial charge in [-0.05, 0) is 6.92 Å². The maximum absolute atomic E-state index is 10.7. The first-order valence-corrected chi connectivity index (χ1v) is 5.91. The molecule has 1 atom stereocenters. The fraction of sp³-hybridized carbons (Fsp3) is 0.800. The van der Waals surface area contributed by atoms with Crippen LogP contribution in [-0.2, 0) is 0 Å². The highest BCUT2D eigenvalue weighted by atomic mass is 127. The van der Waals surface area contributed by atoms with Crippen LogP contribution >= 0.6 is 46.1 Å². The van der Waals surface area contributed by atoms with Gasteiger partial charge in [0, 0.05) is 14.9 Å². The molecule has 0 N–H and O–H groups in total. The number of hydrogen-bond donors (Lipinski definition) is 0. The lowest BCUT2D eigenvalue weighted by atomic mass is 10.2. The van der Waals surface area contributed by atoms with Crippen LogP contribution in [-0.4, -0.2) is 19.4 Å². The van der Waals surface area contributed by atoms with Gasteiger partial charge >= 0.3 is 0 Å². The molecule has 0 saturated carbocycles. The molecule has 0 radical (unpaired) electrons. The highest BCUT2D eigenvalue weighted by Crippen LogP contribution is 2.42. The molecule has 9 heavy (non-hydrogen) atoms. The normalized spacial score (nSPS) is 35.6. The lowest BCUT2D eigenvalue weighted by Crippen LogP contribution is -2.20. The Balaban J connectivity index is 2.54. The third-order valence-corrected chi connectivity index (χ3v) is 6.06. The van der Waals surface area contributed by atoms with Crippen molar-refractivity contribution < 1.29 is 4.79 Å². The zero-order chi connectivity index (χ0) is 6.91. The number of rotatable bonds is 1. The molecule has 0 aromatic heterocycles. The van der Waals surface area contributed by atoms with E-state index in [2.05, 4.69) is 29.5 Å². The van der Waals surface area contributed by atoms with Crippen LogP contribution in [0.3, 0.4) is 0 Å². The first-order chi connectivity index (χ1) is 4.16. The second-order valence-corrected chi connectivity index (χ2v) is 5.75. The molecule has 0 aromatic carbocycles. The van der Waals surface area contributed by atoms with E-state index < -0.39 is 0 Å². The summed E-state index contributed by atoms with van der Waals surface area (Å²) in [5, 5.41) is 0. The van der Waals surface area contributed by atoms with E-state index in [1.807, 2.05) is 0 Å². The van der Waals surface area contributed by atoms with E-state index in [9.17, 15) is 4.79 Å². The van der Waals surface area contributed by atoms with Crippen LogP contribution in [0.2, 0.25) is 0 Å². The molecule has 1 fully saturated rings. The van der Waals surface area contributed by atoms with Gasteiger partial charge in [0.05, 0.1) is 0 Å². The molecule has 0 spiro atoms. The molecule has 1 saturated heterocycles. The summed E-state index contributed by atoms with van der Waals surface area (Å²) in [7, 11) is 0. The van der Waals surface area contributed by atoms with E-state index in [4.69, 9.17) is 0 Å². The second-order valence-electron chi connectivity index (χ2n) is 2.22. The van der Waals surface area contributed by atoms with Gasteiger partial charge in [0.1, 0.15) is 0 Å². The van der Waals surface area contributed by atoms with Gasteiger partial charge in [-0.15, -0.1) is 0 Å². The Morgan fingerprint density at radius 2 is 2.56 bits per heavy atom. The van der Waals surface area contributed by atoms with Crippen LogP contribution in [0, 0.1) is 0 Å². The van der Waals surface area contributed by atoms with E-state index in [0.717, 1.165) is 10.2 Å². The number of alkyl halides is 1. The maximum atomic E-state index is 10.7. The van der Waals surface area contributed by atoms with E-state index in [1.54, 1.807) is 0 Å². The van der Waals surface area contributed by atoms with Crippen LogP contribution < -0.4 is 0 Å². The Morgan fingerprint density at radius 1 is 1.89 bits per heavy atom. The molecular weight excluding hydrogens is 267 g/mol. The summed E-state index contributed by atoms with van der Waals surface area (Å²) >= 11 is 5.26. The minimum absolute atomic E-state index is 0.225. The van der Waals surface area contributed by atoms with Gasteiger partial charge in [-0.25, -0.2) is 0 Å². The minimum Gasteiger partial charge on any atom is -0.274 e. The van der Waals surface area contributed by atoms with Crippen molar-refractivity contribution in [2.24, 2.45) is 0 Å². The average Bonchev–Trinajstić information content (AvgIpc) is 2.13. The van der Waals surface area contributed by atoms with Crippen LogP contribution in [0.4, 0.5) is 4.79 Å². The molecule has 0 aromatic rings. The van der Waals surface area contributed by atoms with Crippen LogP contribution in [0.25, 0.3) is 0 Å². The van der Waals surface area contributed by atoms with E-state index in [-0.39, 0.29) is 9.19 Å². The predicted octanol–water partition coefficient (Wildman–Crippen LogP) is 2.78. The monoisotopic (exact) mass is 274 g/mol. The summed E-state index contributed by atoms with van der Waals surface area (Å²) in [4.78, 5) is 10.7. The Labute approximate surface area is 76.9 Å². The smallest absolute Gasteiger partial charge is 0.246 e. The molecule has 0 bridgehead atoms. The van der Waals surface area contributed by atoms with Crippen molar-refractivity contribution in [2.75, 3.05) is 10.2 Å². The van der Waals surface area contributed by atoms with Gasteiger partial charge in [0.2, 0.25) is 4.45 Å². The Morgan fingerprint density at radius 3 is 2.78 bits per heavy atom. The summed E-state index contributed by atoms with van der Waals surface area (Å²) in [5.74, 6) is 0.986. The van der Waals surface area contributed by atoms with Crippen molar-refractivity contribution >= 4 is 50.6 Å². The highest BCUT2D eigenvalue weighted by molar-refractivity contribution is 14.1. The average molecular weight is 274 g/mol. The largest absolute Gasteiger partial charge is 0.274 e. The number of hydrogen-bond acceptors (Lipinski definition) is 3. The van der Waals surface area contributed by atoms with Gasteiger partial charge in [-0.1, -0.05) is 46.1 Å². The zero-order valence-electron chi connectivity index (χ0n) is 5.02. The molecule has 52 valence electrons. The molecule has 1 aliphatic heterocycles. The number of carbonyl (C=O) groups is 1. The van der Waals surface area contributed by atoms with Crippen molar-refractivity contribution in [3.05, 3.63) is 0 Å². The van der Waals surface area contributed by atoms with E-state index >= 15 is 0 Å². The fourth-order valence-corrected chi connectivity index (χ4v) is 4.05. The van der Waals surface area contributed by atoms with Crippen molar-refractivity contribution in [2.45, 2.75) is 11.7 Å². The molecule has 1 heterocycles. The second kappa shape index (κ2) is 3.00. The van der Waals surface area contributed by atoms with E-state index in [0.29, 0.717) is 0 Å². The van der Waals surface area contributed by atoms with Crippen molar-refractivity contribution in [3.8, 4) is 0 Å². The third-order valence-electron chi connectivity index (χ3n) is 1.11. The molecule has 0 aliphatic carbocycles. The lowest BCUT2D eigenvalue weighted by Gasteiger charge is -2.14. The van der Waals surface area contributed by atoms with Gasteiger partial charge in [0.25, 0.3) is 0 Å². The zero-order valence-corrected chi connectivity index (χ0v) is 8.81. The summed E-state index contributed by atoms with van der Waals surface area (Å²) in [6.45, 7) is 2.14. The maximum Gasteiger partial charge on any atom is 0.246 e. The summed E-state index contributed by atoms with van der Waals surface area (Å²) < 4.78 is 1.57. The number of thioether (sulfide) groups is 2. The highest BCUT2D eigenvalue weighted by Gasteiger charge is 2.34. The summed E-state index contributed by atoms with van der Waals surface area (Å²) in [6, 6.07) is 0. The predicted molar refractivity (Wildman–Crippen MR) is 52.7 cm³/mol. The first-order valence-electron chi connectivity index (χ1n) is 2.58. The van der Waals surface area contributed by atoms with Crippen LogP contribution in [0.1, 0.15) is 6.92 Å². The molecule has 1 nitrogen and oxygen atoms in total. The van der Waals surface area contributed by atoms with Crippen LogP contribution in [0.15, 0.2) is 0 Å². The lowest BCUT2D eigenvalue weighted by molar-refractivity contribution is 0.277. The van der Waals surface area contributed by atoms with Gasteiger partial charge in [-0.3, -0.25) is 4.79 Å². The van der Waals surface area contributed by atoms with Gasteiger partial charge < -0.3 is 0 Å². The summed E-state index contributed by atoms with van der Waals surface area (Å²) in [5.41, 5.74) is 0. The first kappa shape index (κ1) is 8.20. The fourth-order valence-electron chi connectivity index (χ4n) is 0.538. The van der Waals surface area contributed by atoms with Crippen molar-refractivity contribution in [1.82, 2.24) is 0 Å². The van der Waals surface area contributed by atoms with Gasteiger partial charge in [0.15, 0.2) is 0 Å². The standard InChI is InChI=1S/C5H7IOS2/c1-5(2-6)3-8-4(7)9-5/h2-3H2,1H3. The summed E-state index contributed by atoms with van der Waals surface area (Å²) in [6.07, 6.45) is 0. The Kier molecular flexibility index (Phi) is 2.74. The topological polar surface area (TPSA) is 17.1 Å². The Hall–Kier alpha value is 1.10. The molecule has 1 unspecified atom stereocenters. The van der Waals surface area contributed by atoms with Crippen LogP contribution in [0.5, 0.6) is 0 Å². The molecule has 1 rings (SSSR count). The minimum atomic E-state index is 0.225. The van der Waals surface area contributed by atoms with Gasteiger partial charge in [-0.2, -0.15) is 0 Å². The molecule has 4 heteroatoms. The molecule has 1 aliphatic rings. The quantitative estimate of drug-likeness (QED) is 0.540. The van der Waals surface area contributed by atoms with Crippen molar-refractivity contribution in [1.29, 1.82) is 0 Å². The number of carbonyl (C=O) groups excluding carboxylic acids is 1. The van der Waals surface area contributed by atoms with E-state index in [1.165, 1.54) is 23.5 Å². The van der Waals surface area contributed by atoms with Crippen molar-refractivity contribution in [3.63, 3.8) is 0 Å². The Bertz CT molecular complexity index is 139. The molecule has 0 amide bonds. The SMILES string of the molecule is CC1(CI)CSC(=O)S1.